The van der Waals surface area contributed by atoms with Gasteiger partial charge in [-0.25, -0.2) is 4.98 Å². The van der Waals surface area contributed by atoms with Crippen molar-refractivity contribution in [1.82, 2.24) is 19.7 Å². The van der Waals surface area contributed by atoms with Crippen LogP contribution in [0.2, 0.25) is 0 Å². The van der Waals surface area contributed by atoms with E-state index >= 15 is 0 Å². The van der Waals surface area contributed by atoms with Crippen molar-refractivity contribution in [2.24, 2.45) is 13.0 Å². The van der Waals surface area contributed by atoms with E-state index < -0.39 is 0 Å². The first-order chi connectivity index (χ1) is 11.2. The number of piperazine rings is 1. The van der Waals surface area contributed by atoms with Crippen LogP contribution in [0.5, 0.6) is 0 Å². The van der Waals surface area contributed by atoms with Gasteiger partial charge in [0.2, 0.25) is 5.91 Å². The molecule has 0 unspecified atom stereocenters. The average Bonchev–Trinajstić information content (AvgIpc) is 3.29. The molecule has 2 aromatic rings. The third-order valence-corrected chi connectivity index (χ3v) is 4.83. The number of carbonyl (C=O) groups excluding carboxylic acids is 1. The van der Waals surface area contributed by atoms with Crippen LogP contribution in [0.3, 0.4) is 0 Å². The molecule has 4 rings (SSSR count). The Bertz CT molecular complexity index is 690. The van der Waals surface area contributed by atoms with E-state index in [0.29, 0.717) is 11.8 Å². The molecule has 0 radical (unpaired) electrons. The first-order valence-corrected chi connectivity index (χ1v) is 8.15. The molecule has 1 saturated heterocycles. The van der Waals surface area contributed by atoms with Gasteiger partial charge in [-0.05, 0) is 30.0 Å². The lowest BCUT2D eigenvalue weighted by Gasteiger charge is -2.35. The molecule has 2 aliphatic rings. The molecule has 0 aromatic carbocycles. The van der Waals surface area contributed by atoms with Crippen molar-refractivity contribution in [3.8, 4) is 0 Å². The van der Waals surface area contributed by atoms with E-state index in [1.807, 2.05) is 48.7 Å². The molecule has 0 N–H and O–H groups in total. The zero-order valence-corrected chi connectivity index (χ0v) is 13.3. The highest BCUT2D eigenvalue weighted by Gasteiger charge is 2.46. The first-order valence-electron chi connectivity index (χ1n) is 8.15. The summed E-state index contributed by atoms with van der Waals surface area (Å²) in [5, 5.41) is 4.21. The molecular formula is C17H21N5O. The van der Waals surface area contributed by atoms with Crippen molar-refractivity contribution in [2.45, 2.75) is 12.3 Å². The van der Waals surface area contributed by atoms with E-state index in [1.54, 1.807) is 4.68 Å². The van der Waals surface area contributed by atoms with Gasteiger partial charge in [0.1, 0.15) is 5.82 Å². The molecular weight excluding hydrogens is 290 g/mol. The maximum Gasteiger partial charge on any atom is 0.226 e. The number of rotatable bonds is 3. The first kappa shape index (κ1) is 14.2. The highest BCUT2D eigenvalue weighted by atomic mass is 16.2. The lowest BCUT2D eigenvalue weighted by molar-refractivity contribution is -0.133. The molecule has 2 fully saturated rings. The van der Waals surface area contributed by atoms with Gasteiger partial charge in [-0.2, -0.15) is 5.10 Å². The lowest BCUT2D eigenvalue weighted by Crippen LogP contribution is -2.49. The van der Waals surface area contributed by atoms with Gasteiger partial charge in [0.15, 0.2) is 0 Å². The Morgan fingerprint density at radius 2 is 2.04 bits per heavy atom. The van der Waals surface area contributed by atoms with Crippen molar-refractivity contribution in [3.05, 3.63) is 42.4 Å². The van der Waals surface area contributed by atoms with Crippen molar-refractivity contribution >= 4 is 11.7 Å². The molecule has 23 heavy (non-hydrogen) atoms. The molecule has 1 aliphatic carbocycles. The monoisotopic (exact) mass is 311 g/mol. The summed E-state index contributed by atoms with van der Waals surface area (Å²) in [6, 6.07) is 5.95. The summed E-state index contributed by atoms with van der Waals surface area (Å²) in [5.41, 5.74) is 1.19. The molecule has 1 saturated carbocycles. The minimum atomic E-state index is 0.153. The third-order valence-electron chi connectivity index (χ3n) is 4.83. The number of hydrogen-bond acceptors (Lipinski definition) is 4. The summed E-state index contributed by atoms with van der Waals surface area (Å²) in [4.78, 5) is 21.3. The smallest absolute Gasteiger partial charge is 0.226 e. The van der Waals surface area contributed by atoms with Gasteiger partial charge in [0, 0.05) is 51.5 Å². The second kappa shape index (κ2) is 5.68. The fourth-order valence-electron chi connectivity index (χ4n) is 3.40. The maximum atomic E-state index is 12.7. The van der Waals surface area contributed by atoms with Crippen LogP contribution in [0, 0.1) is 5.92 Å². The van der Waals surface area contributed by atoms with E-state index in [4.69, 9.17) is 0 Å². The van der Waals surface area contributed by atoms with Crippen molar-refractivity contribution in [2.75, 3.05) is 31.1 Å². The number of aryl methyl sites for hydroxylation is 1. The summed E-state index contributed by atoms with van der Waals surface area (Å²) in [7, 11) is 1.92. The zero-order chi connectivity index (χ0) is 15.8. The molecule has 6 nitrogen and oxygen atoms in total. The van der Waals surface area contributed by atoms with Gasteiger partial charge in [-0.1, -0.05) is 6.07 Å². The molecule has 1 amide bonds. The molecule has 1 aliphatic heterocycles. The van der Waals surface area contributed by atoms with E-state index in [0.717, 1.165) is 38.4 Å². The largest absolute Gasteiger partial charge is 0.353 e. The molecule has 3 heterocycles. The number of aromatic nitrogens is 3. The van der Waals surface area contributed by atoms with Crippen LogP contribution in [0.4, 0.5) is 5.82 Å². The van der Waals surface area contributed by atoms with Crippen LogP contribution < -0.4 is 4.90 Å². The SMILES string of the molecule is Cn1cc([C@H]2C[C@H]2C(=O)N2CCN(c3ccccn3)CC2)cn1. The highest BCUT2D eigenvalue weighted by Crippen LogP contribution is 2.48. The van der Waals surface area contributed by atoms with E-state index in [9.17, 15) is 4.79 Å². The Balaban J connectivity index is 1.33. The van der Waals surface area contributed by atoms with Crippen molar-refractivity contribution in [1.29, 1.82) is 0 Å². The van der Waals surface area contributed by atoms with E-state index in [1.165, 1.54) is 5.56 Å². The van der Waals surface area contributed by atoms with Crippen LogP contribution in [0.1, 0.15) is 17.9 Å². The number of anilines is 1. The summed E-state index contributed by atoms with van der Waals surface area (Å²) in [6.07, 6.45) is 6.69. The van der Waals surface area contributed by atoms with Gasteiger partial charge in [0.25, 0.3) is 0 Å². The quantitative estimate of drug-likeness (QED) is 0.856. The van der Waals surface area contributed by atoms with E-state index in [2.05, 4.69) is 15.0 Å². The summed E-state index contributed by atoms with van der Waals surface area (Å²) >= 11 is 0. The predicted octanol–water partition coefficient (Wildman–Crippen LogP) is 1.27. The minimum absolute atomic E-state index is 0.153. The van der Waals surface area contributed by atoms with Crippen molar-refractivity contribution in [3.63, 3.8) is 0 Å². The van der Waals surface area contributed by atoms with Gasteiger partial charge in [-0.15, -0.1) is 0 Å². The third kappa shape index (κ3) is 2.81. The number of nitrogens with zero attached hydrogens (tertiary/aromatic N) is 5. The predicted molar refractivity (Wildman–Crippen MR) is 87.1 cm³/mol. The van der Waals surface area contributed by atoms with Crippen LogP contribution in [-0.2, 0) is 11.8 Å². The second-order valence-electron chi connectivity index (χ2n) is 6.40. The number of carbonyl (C=O) groups is 1. The average molecular weight is 311 g/mol. The van der Waals surface area contributed by atoms with Gasteiger partial charge in [-0.3, -0.25) is 9.48 Å². The molecule has 0 spiro atoms. The Kier molecular flexibility index (Phi) is 3.52. The molecule has 0 bridgehead atoms. The summed E-state index contributed by atoms with van der Waals surface area (Å²) in [5.74, 6) is 1.82. The summed E-state index contributed by atoms with van der Waals surface area (Å²) < 4.78 is 1.81. The molecule has 6 heteroatoms. The van der Waals surface area contributed by atoms with Crippen LogP contribution in [0.25, 0.3) is 0 Å². The Labute approximate surface area is 135 Å². The Hall–Kier alpha value is -2.37. The van der Waals surface area contributed by atoms with Crippen molar-refractivity contribution < 1.29 is 4.79 Å². The number of hydrogen-bond donors (Lipinski definition) is 0. The topological polar surface area (TPSA) is 54.3 Å². The van der Waals surface area contributed by atoms with E-state index in [-0.39, 0.29) is 5.92 Å². The highest BCUT2D eigenvalue weighted by molar-refractivity contribution is 5.83. The van der Waals surface area contributed by atoms with Gasteiger partial charge < -0.3 is 9.80 Å². The Morgan fingerprint density at radius 1 is 1.22 bits per heavy atom. The molecule has 120 valence electrons. The maximum absolute atomic E-state index is 12.7. The van der Waals surface area contributed by atoms with Gasteiger partial charge in [0.05, 0.1) is 6.20 Å². The fourth-order valence-corrected chi connectivity index (χ4v) is 3.40. The normalized spacial score (nSPS) is 23.9. The zero-order valence-electron chi connectivity index (χ0n) is 13.3. The van der Waals surface area contributed by atoms with Crippen LogP contribution in [0.15, 0.2) is 36.8 Å². The fraction of sp³-hybridized carbons (Fsp3) is 0.471. The Morgan fingerprint density at radius 3 is 2.70 bits per heavy atom. The summed E-state index contributed by atoms with van der Waals surface area (Å²) in [6.45, 7) is 3.28. The van der Waals surface area contributed by atoms with Crippen LogP contribution >= 0.6 is 0 Å². The molecule has 2 atom stereocenters. The standard InChI is InChI=1S/C17H21N5O/c1-20-12-13(11-19-20)14-10-15(14)17(23)22-8-6-21(7-9-22)16-4-2-3-5-18-16/h2-5,11-12,14-15H,6-10H2,1H3/t14-,15-/m1/s1. The second-order valence-corrected chi connectivity index (χ2v) is 6.40. The lowest BCUT2D eigenvalue weighted by atomic mass is 10.1. The van der Waals surface area contributed by atoms with Crippen LogP contribution in [-0.4, -0.2) is 51.8 Å². The number of pyridine rings is 1. The molecule has 2 aromatic heterocycles. The number of amides is 1. The van der Waals surface area contributed by atoms with Gasteiger partial charge >= 0.3 is 0 Å². The minimum Gasteiger partial charge on any atom is -0.353 e.